The number of carbonyl (C=O) groups excluding carboxylic acids is 3. The predicted molar refractivity (Wildman–Crippen MR) is 145 cm³/mol. The van der Waals surface area contributed by atoms with Crippen molar-refractivity contribution in [2.45, 2.75) is 63.5 Å². The summed E-state index contributed by atoms with van der Waals surface area (Å²) in [6, 6.07) is 10.5. The lowest BCUT2D eigenvalue weighted by Gasteiger charge is -2.33. The zero-order valence-corrected chi connectivity index (χ0v) is 22.2. The average molecular weight is 520 g/mol. The van der Waals surface area contributed by atoms with Crippen LogP contribution in [-0.4, -0.2) is 54.0 Å². The van der Waals surface area contributed by atoms with E-state index in [-0.39, 0.29) is 23.8 Å². The molecule has 38 heavy (non-hydrogen) atoms. The van der Waals surface area contributed by atoms with Crippen LogP contribution >= 0.6 is 0 Å². The summed E-state index contributed by atoms with van der Waals surface area (Å²) < 4.78 is 5.47. The van der Waals surface area contributed by atoms with Gasteiger partial charge in [-0.25, -0.2) is 9.78 Å². The number of rotatable bonds is 6. The zero-order chi connectivity index (χ0) is 26.7. The molecule has 2 aromatic rings. The molecule has 1 saturated heterocycles. The SMILES string of the molecule is CN(Cc1ccccc1)C(=O)N[C@H](C(=O)Nc1cc2c(cn1)C1(CCOCC1)C(=O)N2)[C@H]1CC[C@H](C)CC1. The Labute approximate surface area is 223 Å². The lowest BCUT2D eigenvalue weighted by molar-refractivity contribution is -0.124. The van der Waals surface area contributed by atoms with Gasteiger partial charge in [-0.3, -0.25) is 9.59 Å². The number of anilines is 2. The van der Waals surface area contributed by atoms with Gasteiger partial charge in [0.15, 0.2) is 0 Å². The van der Waals surface area contributed by atoms with E-state index in [1.54, 1.807) is 24.2 Å². The first-order valence-electron chi connectivity index (χ1n) is 13.6. The van der Waals surface area contributed by atoms with Crippen LogP contribution in [0.1, 0.15) is 56.6 Å². The molecule has 3 N–H and O–H groups in total. The van der Waals surface area contributed by atoms with Crippen LogP contribution in [-0.2, 0) is 26.3 Å². The molecule has 202 valence electrons. The summed E-state index contributed by atoms with van der Waals surface area (Å²) in [7, 11) is 1.73. The third-order valence-corrected chi connectivity index (χ3v) is 8.40. The minimum atomic E-state index is -0.681. The lowest BCUT2D eigenvalue weighted by Crippen LogP contribution is -2.52. The summed E-state index contributed by atoms with van der Waals surface area (Å²) in [4.78, 5) is 45.7. The van der Waals surface area contributed by atoms with Crippen molar-refractivity contribution < 1.29 is 19.1 Å². The molecule has 2 aliphatic heterocycles. The number of carbonyl (C=O) groups is 3. The normalized spacial score (nSPS) is 22.7. The van der Waals surface area contributed by atoms with Crippen LogP contribution in [0.5, 0.6) is 0 Å². The van der Waals surface area contributed by atoms with Crippen molar-refractivity contribution in [1.29, 1.82) is 0 Å². The maximum Gasteiger partial charge on any atom is 0.318 e. The van der Waals surface area contributed by atoms with Gasteiger partial charge in [-0.2, -0.15) is 0 Å². The smallest absolute Gasteiger partial charge is 0.318 e. The Hall–Kier alpha value is -3.46. The van der Waals surface area contributed by atoms with Crippen molar-refractivity contribution >= 4 is 29.4 Å². The van der Waals surface area contributed by atoms with Gasteiger partial charge in [0.05, 0.1) is 11.1 Å². The number of benzene rings is 1. The van der Waals surface area contributed by atoms with Gasteiger partial charge in [0.2, 0.25) is 11.8 Å². The summed E-state index contributed by atoms with van der Waals surface area (Å²) in [5.74, 6) is 0.692. The molecular formula is C29H37N5O4. The number of urea groups is 1. The average Bonchev–Trinajstić information content (AvgIpc) is 3.18. The first-order valence-corrected chi connectivity index (χ1v) is 13.6. The Morgan fingerprint density at radius 1 is 1.16 bits per heavy atom. The highest BCUT2D eigenvalue weighted by Gasteiger charge is 2.48. The standard InChI is InChI=1S/C29H37N5O4/c1-19-8-10-21(11-9-19)25(33-28(37)34(2)18-20-6-4-3-5-7-20)26(35)32-24-16-23-22(17-30-24)29(27(36)31-23)12-14-38-15-13-29/h3-7,16-17,19,21,25H,8-15,18H2,1-2H3,(H,31,36)(H,33,37)(H,30,32,35)/t19-,21-,25-/m0/s1. The minimum Gasteiger partial charge on any atom is -0.381 e. The number of nitrogens with zero attached hydrogens (tertiary/aromatic N) is 2. The van der Waals surface area contributed by atoms with E-state index in [0.29, 0.717) is 50.0 Å². The number of pyridine rings is 1. The molecule has 5 rings (SSSR count). The summed E-state index contributed by atoms with van der Waals surface area (Å²) in [6.07, 6.45) is 6.73. The third kappa shape index (κ3) is 5.38. The summed E-state index contributed by atoms with van der Waals surface area (Å²) >= 11 is 0. The van der Waals surface area contributed by atoms with Crippen molar-refractivity contribution in [3.8, 4) is 0 Å². The molecule has 1 saturated carbocycles. The van der Waals surface area contributed by atoms with Crippen LogP contribution in [0.3, 0.4) is 0 Å². The summed E-state index contributed by atoms with van der Waals surface area (Å²) in [5.41, 5.74) is 1.94. The fraction of sp³-hybridized carbons (Fsp3) is 0.517. The maximum absolute atomic E-state index is 13.6. The van der Waals surface area contributed by atoms with Gasteiger partial charge in [0, 0.05) is 44.6 Å². The minimum absolute atomic E-state index is 0.0380. The Morgan fingerprint density at radius 3 is 2.58 bits per heavy atom. The number of ether oxygens (including phenoxy) is 1. The molecule has 9 heteroatoms. The molecule has 4 amide bonds. The fourth-order valence-electron chi connectivity index (χ4n) is 5.98. The van der Waals surface area contributed by atoms with E-state index in [0.717, 1.165) is 36.8 Å². The second-order valence-corrected chi connectivity index (χ2v) is 11.0. The van der Waals surface area contributed by atoms with E-state index in [1.165, 1.54) is 0 Å². The van der Waals surface area contributed by atoms with Crippen LogP contribution in [0.2, 0.25) is 0 Å². The van der Waals surface area contributed by atoms with E-state index in [4.69, 9.17) is 4.74 Å². The summed E-state index contributed by atoms with van der Waals surface area (Å²) in [5, 5.41) is 8.91. The Balaban J connectivity index is 1.30. The van der Waals surface area contributed by atoms with Crippen molar-refractivity contribution in [1.82, 2.24) is 15.2 Å². The van der Waals surface area contributed by atoms with Gasteiger partial charge in [0.1, 0.15) is 11.9 Å². The molecule has 3 aliphatic rings. The molecule has 9 nitrogen and oxygen atoms in total. The van der Waals surface area contributed by atoms with Crippen molar-refractivity contribution in [3.63, 3.8) is 0 Å². The fourth-order valence-corrected chi connectivity index (χ4v) is 5.98. The van der Waals surface area contributed by atoms with E-state index in [9.17, 15) is 14.4 Å². The quantitative estimate of drug-likeness (QED) is 0.533. The predicted octanol–water partition coefficient (Wildman–Crippen LogP) is 4.06. The summed E-state index contributed by atoms with van der Waals surface area (Å²) in [6.45, 7) is 3.74. The second-order valence-electron chi connectivity index (χ2n) is 11.0. The molecule has 0 radical (unpaired) electrons. The number of hydrogen-bond acceptors (Lipinski definition) is 5. The number of amides is 4. The van der Waals surface area contributed by atoms with Crippen LogP contribution in [0.25, 0.3) is 0 Å². The highest BCUT2D eigenvalue weighted by Crippen LogP contribution is 2.44. The molecule has 0 bridgehead atoms. The van der Waals surface area contributed by atoms with Gasteiger partial charge in [-0.15, -0.1) is 0 Å². The van der Waals surface area contributed by atoms with Crippen molar-refractivity contribution in [2.24, 2.45) is 11.8 Å². The van der Waals surface area contributed by atoms with Crippen LogP contribution in [0, 0.1) is 11.8 Å². The molecule has 1 atom stereocenters. The highest BCUT2D eigenvalue weighted by molar-refractivity contribution is 6.07. The first-order chi connectivity index (χ1) is 18.4. The van der Waals surface area contributed by atoms with Crippen molar-refractivity contribution in [2.75, 3.05) is 30.9 Å². The molecule has 1 aliphatic carbocycles. The first kappa shape index (κ1) is 26.2. The van der Waals surface area contributed by atoms with Crippen molar-refractivity contribution in [3.05, 3.63) is 53.7 Å². The van der Waals surface area contributed by atoms with E-state index >= 15 is 0 Å². The Kier molecular flexibility index (Phi) is 7.65. The van der Waals surface area contributed by atoms with Gasteiger partial charge >= 0.3 is 6.03 Å². The Bertz CT molecular complexity index is 1170. The van der Waals surface area contributed by atoms with Gasteiger partial charge in [-0.05, 0) is 43.1 Å². The lowest BCUT2D eigenvalue weighted by atomic mass is 9.76. The number of nitrogens with one attached hydrogen (secondary N) is 3. The zero-order valence-electron chi connectivity index (χ0n) is 22.2. The number of aromatic nitrogens is 1. The topological polar surface area (TPSA) is 113 Å². The van der Waals surface area contributed by atoms with Crippen LogP contribution < -0.4 is 16.0 Å². The Morgan fingerprint density at radius 2 is 1.87 bits per heavy atom. The second kappa shape index (κ2) is 11.1. The number of fused-ring (bicyclic) bond motifs is 2. The highest BCUT2D eigenvalue weighted by atomic mass is 16.5. The molecule has 1 spiro atoms. The third-order valence-electron chi connectivity index (χ3n) is 8.40. The molecule has 1 aromatic heterocycles. The van der Waals surface area contributed by atoms with Gasteiger partial charge in [-0.1, -0.05) is 50.1 Å². The van der Waals surface area contributed by atoms with E-state index < -0.39 is 11.5 Å². The van der Waals surface area contributed by atoms with E-state index in [2.05, 4.69) is 27.9 Å². The van der Waals surface area contributed by atoms with E-state index in [1.807, 2.05) is 30.3 Å². The molecule has 1 aromatic carbocycles. The maximum atomic E-state index is 13.6. The molecule has 0 unspecified atom stereocenters. The van der Waals surface area contributed by atoms with Crippen LogP contribution in [0.15, 0.2) is 42.6 Å². The molecule has 2 fully saturated rings. The van der Waals surface area contributed by atoms with Gasteiger partial charge < -0.3 is 25.6 Å². The van der Waals surface area contributed by atoms with Gasteiger partial charge in [0.25, 0.3) is 0 Å². The van der Waals surface area contributed by atoms with Crippen LogP contribution in [0.4, 0.5) is 16.3 Å². The number of hydrogen-bond donors (Lipinski definition) is 3. The molecular weight excluding hydrogens is 482 g/mol. The molecule has 3 heterocycles. The monoisotopic (exact) mass is 519 g/mol. The largest absolute Gasteiger partial charge is 0.381 e.